The Morgan fingerprint density at radius 2 is 1.50 bits per heavy atom. The number of ether oxygens (including phenoxy) is 5. The van der Waals surface area contributed by atoms with E-state index >= 15 is 0 Å². The van der Waals surface area contributed by atoms with Crippen molar-refractivity contribution in [3.05, 3.63) is 53.6 Å². The Kier molecular flexibility index (Phi) is 10.1. The van der Waals surface area contributed by atoms with Crippen molar-refractivity contribution >= 4 is 23.9 Å². The summed E-state index contributed by atoms with van der Waals surface area (Å²) in [5, 5.41) is 0. The van der Waals surface area contributed by atoms with E-state index in [9.17, 15) is 14.4 Å². The third-order valence-corrected chi connectivity index (χ3v) is 6.13. The van der Waals surface area contributed by atoms with Gasteiger partial charge in [0.05, 0.1) is 26.9 Å². The Bertz CT molecular complexity index is 1130. The molecule has 2 aromatic carbocycles. The van der Waals surface area contributed by atoms with E-state index in [4.69, 9.17) is 23.7 Å². The van der Waals surface area contributed by atoms with E-state index in [1.807, 2.05) is 0 Å². The number of nitrogens with zero attached hydrogens (tertiary/aromatic N) is 2. The molecule has 0 aliphatic carbocycles. The number of hydrogen-bond donors (Lipinski definition) is 0. The zero-order chi connectivity index (χ0) is 27.7. The smallest absolute Gasteiger partial charge is 0.338 e. The van der Waals surface area contributed by atoms with Gasteiger partial charge >= 0.3 is 11.9 Å². The molecule has 1 saturated heterocycles. The second-order valence-corrected chi connectivity index (χ2v) is 8.82. The molecule has 0 atom stereocenters. The summed E-state index contributed by atoms with van der Waals surface area (Å²) in [6, 6.07) is 9.73. The monoisotopic (exact) mass is 526 g/mol. The molecule has 1 aliphatic heterocycles. The first-order valence-corrected chi connectivity index (χ1v) is 12.2. The molecule has 10 nitrogen and oxygen atoms in total. The van der Waals surface area contributed by atoms with E-state index in [2.05, 4.69) is 18.7 Å². The minimum absolute atomic E-state index is 0.216. The Morgan fingerprint density at radius 1 is 0.895 bits per heavy atom. The fourth-order valence-electron chi connectivity index (χ4n) is 3.96. The van der Waals surface area contributed by atoms with Gasteiger partial charge in [0.2, 0.25) is 5.75 Å². The van der Waals surface area contributed by atoms with Crippen LogP contribution in [0.1, 0.15) is 29.8 Å². The summed E-state index contributed by atoms with van der Waals surface area (Å²) in [4.78, 5) is 41.1. The van der Waals surface area contributed by atoms with Gasteiger partial charge in [-0.15, -0.1) is 0 Å². The van der Waals surface area contributed by atoms with Crippen LogP contribution in [0, 0.1) is 0 Å². The van der Waals surface area contributed by atoms with E-state index in [-0.39, 0.29) is 23.8 Å². The van der Waals surface area contributed by atoms with Crippen LogP contribution in [-0.4, -0.2) is 87.8 Å². The minimum atomic E-state index is -0.626. The van der Waals surface area contributed by atoms with Crippen LogP contribution in [0.2, 0.25) is 0 Å². The minimum Gasteiger partial charge on any atom is -0.493 e. The molecule has 1 aliphatic rings. The van der Waals surface area contributed by atoms with Crippen molar-refractivity contribution in [3.63, 3.8) is 0 Å². The Hall–Kier alpha value is -4.05. The van der Waals surface area contributed by atoms with E-state index in [0.717, 1.165) is 13.1 Å². The maximum absolute atomic E-state index is 12.4. The number of benzene rings is 2. The summed E-state index contributed by atoms with van der Waals surface area (Å²) in [7, 11) is 4.52. The van der Waals surface area contributed by atoms with Gasteiger partial charge in [0.25, 0.3) is 5.91 Å². The number of hydrogen-bond acceptors (Lipinski definition) is 9. The number of carbonyl (C=O) groups is 3. The van der Waals surface area contributed by atoms with Gasteiger partial charge in [-0.1, -0.05) is 0 Å². The van der Waals surface area contributed by atoms with Crippen molar-refractivity contribution in [2.45, 2.75) is 19.9 Å². The van der Waals surface area contributed by atoms with Crippen LogP contribution in [0.5, 0.6) is 23.0 Å². The second-order valence-electron chi connectivity index (χ2n) is 8.82. The van der Waals surface area contributed by atoms with Crippen LogP contribution in [-0.2, 0) is 14.3 Å². The van der Waals surface area contributed by atoms with Crippen molar-refractivity contribution in [1.82, 2.24) is 9.80 Å². The van der Waals surface area contributed by atoms with Crippen molar-refractivity contribution < 1.29 is 38.1 Å². The quantitative estimate of drug-likeness (QED) is 0.262. The van der Waals surface area contributed by atoms with Crippen LogP contribution in [0.25, 0.3) is 6.08 Å². The molecule has 0 unspecified atom stereocenters. The first-order chi connectivity index (χ1) is 18.2. The molecule has 0 N–H and O–H groups in total. The molecule has 0 radical (unpaired) electrons. The van der Waals surface area contributed by atoms with E-state index in [1.165, 1.54) is 51.7 Å². The highest BCUT2D eigenvalue weighted by molar-refractivity contribution is 5.92. The molecule has 3 rings (SSSR count). The highest BCUT2D eigenvalue weighted by Crippen LogP contribution is 2.38. The lowest BCUT2D eigenvalue weighted by Crippen LogP contribution is -2.51. The van der Waals surface area contributed by atoms with Crippen molar-refractivity contribution in [2.24, 2.45) is 0 Å². The van der Waals surface area contributed by atoms with Gasteiger partial charge in [0, 0.05) is 38.3 Å². The normalized spacial score (nSPS) is 13.9. The lowest BCUT2D eigenvalue weighted by molar-refractivity contribution is -0.136. The molecule has 38 heavy (non-hydrogen) atoms. The number of carbonyl (C=O) groups excluding carboxylic acids is 3. The molecule has 2 aromatic rings. The lowest BCUT2D eigenvalue weighted by atomic mass is 10.1. The first kappa shape index (κ1) is 28.5. The van der Waals surface area contributed by atoms with Crippen molar-refractivity contribution in [1.29, 1.82) is 0 Å². The van der Waals surface area contributed by atoms with E-state index < -0.39 is 11.9 Å². The molecule has 10 heteroatoms. The third kappa shape index (κ3) is 7.48. The molecular weight excluding hydrogens is 492 g/mol. The average Bonchev–Trinajstić information content (AvgIpc) is 2.94. The van der Waals surface area contributed by atoms with Gasteiger partial charge in [-0.3, -0.25) is 9.69 Å². The molecule has 0 aromatic heterocycles. The SMILES string of the molecule is COc1cc(/C=C/C(=O)Oc2ccc(C(=O)OCC(=O)N3CCN(C(C)C)CC3)cc2)cc(OC)c1OC. The van der Waals surface area contributed by atoms with Crippen LogP contribution in [0.4, 0.5) is 0 Å². The van der Waals surface area contributed by atoms with Crippen molar-refractivity contribution in [2.75, 3.05) is 54.1 Å². The van der Waals surface area contributed by atoms with Crippen LogP contribution in [0.15, 0.2) is 42.5 Å². The zero-order valence-electron chi connectivity index (χ0n) is 22.4. The molecular formula is C28H34N2O8. The predicted molar refractivity (Wildman–Crippen MR) is 141 cm³/mol. The van der Waals surface area contributed by atoms with Gasteiger partial charge in [-0.05, 0) is 61.9 Å². The van der Waals surface area contributed by atoms with Crippen molar-refractivity contribution in [3.8, 4) is 23.0 Å². The Labute approximate surface area is 222 Å². The summed E-state index contributed by atoms with van der Waals surface area (Å²) in [6.45, 7) is 6.76. The standard InChI is InChI=1S/C28H34N2O8/c1-19(2)29-12-14-30(15-13-29)25(31)18-37-28(33)21-7-9-22(10-8-21)38-26(32)11-6-20-16-23(34-3)27(36-5)24(17-20)35-4/h6-11,16-17,19H,12-15,18H2,1-5H3/b11-6+. The highest BCUT2D eigenvalue weighted by atomic mass is 16.5. The highest BCUT2D eigenvalue weighted by Gasteiger charge is 2.23. The van der Waals surface area contributed by atoms with Crippen LogP contribution in [0.3, 0.4) is 0 Å². The van der Waals surface area contributed by atoms with Gasteiger partial charge < -0.3 is 28.6 Å². The fourth-order valence-corrected chi connectivity index (χ4v) is 3.96. The largest absolute Gasteiger partial charge is 0.493 e. The fraction of sp³-hybridized carbons (Fsp3) is 0.393. The summed E-state index contributed by atoms with van der Waals surface area (Å²) in [5.74, 6) is 0.153. The number of amides is 1. The van der Waals surface area contributed by atoms with Gasteiger partial charge in [-0.2, -0.15) is 0 Å². The maximum atomic E-state index is 12.4. The van der Waals surface area contributed by atoms with Crippen LogP contribution < -0.4 is 18.9 Å². The zero-order valence-corrected chi connectivity index (χ0v) is 22.4. The topological polar surface area (TPSA) is 104 Å². The molecule has 1 amide bonds. The average molecular weight is 527 g/mol. The molecule has 1 heterocycles. The number of piperazine rings is 1. The van der Waals surface area contributed by atoms with E-state index in [1.54, 1.807) is 23.1 Å². The van der Waals surface area contributed by atoms with Gasteiger partial charge in [0.15, 0.2) is 18.1 Å². The molecule has 1 fully saturated rings. The number of esters is 2. The van der Waals surface area contributed by atoms with Gasteiger partial charge in [0.1, 0.15) is 5.75 Å². The number of rotatable bonds is 10. The van der Waals surface area contributed by atoms with Crippen LogP contribution >= 0.6 is 0 Å². The molecule has 204 valence electrons. The Balaban J connectivity index is 1.50. The summed E-state index contributed by atoms with van der Waals surface area (Å²) in [6.07, 6.45) is 2.81. The molecule has 0 bridgehead atoms. The van der Waals surface area contributed by atoms with Gasteiger partial charge in [-0.25, -0.2) is 9.59 Å². The number of methoxy groups -OCH3 is 3. The Morgan fingerprint density at radius 3 is 2.03 bits per heavy atom. The molecule has 0 spiro atoms. The maximum Gasteiger partial charge on any atom is 0.338 e. The summed E-state index contributed by atoms with van der Waals surface area (Å²) >= 11 is 0. The summed E-state index contributed by atoms with van der Waals surface area (Å²) < 4.78 is 26.4. The lowest BCUT2D eigenvalue weighted by Gasteiger charge is -2.36. The van der Waals surface area contributed by atoms with E-state index in [0.29, 0.717) is 41.9 Å². The second kappa shape index (κ2) is 13.5. The summed E-state index contributed by atoms with van der Waals surface area (Å²) in [5.41, 5.74) is 0.890. The molecule has 0 saturated carbocycles. The third-order valence-electron chi connectivity index (χ3n) is 6.13. The predicted octanol–water partition coefficient (Wildman–Crippen LogP) is 3.04. The first-order valence-electron chi connectivity index (χ1n) is 12.2.